The summed E-state index contributed by atoms with van der Waals surface area (Å²) in [6.45, 7) is 14.6. The van der Waals surface area contributed by atoms with Crippen molar-refractivity contribution in [2.75, 3.05) is 6.61 Å². The quantitative estimate of drug-likeness (QED) is 0.0486. The summed E-state index contributed by atoms with van der Waals surface area (Å²) in [7, 11) is -0.629. The zero-order valence-electron chi connectivity index (χ0n) is 41.3. The molecule has 6 rings (SSSR count). The number of carbonyl (C=O) groups excluding carboxylic acids is 7. The van der Waals surface area contributed by atoms with Gasteiger partial charge >= 0.3 is 7.12 Å². The van der Waals surface area contributed by atoms with Crippen LogP contribution in [0.1, 0.15) is 142 Å². The van der Waals surface area contributed by atoms with Crippen molar-refractivity contribution in [1.29, 1.82) is 0 Å². The maximum atomic E-state index is 13.6. The molecule has 0 radical (unpaired) electrons. The first kappa shape index (κ1) is 54.2. The van der Waals surface area contributed by atoms with Gasteiger partial charge in [0.05, 0.1) is 42.8 Å². The van der Waals surface area contributed by atoms with Crippen molar-refractivity contribution < 1.29 is 53.1 Å². The smallest absolute Gasteiger partial charge is 0.405 e. The average molecular weight is 943 g/mol. The number of benzene rings is 2. The molecule has 4 fully saturated rings. The van der Waals surface area contributed by atoms with Gasteiger partial charge in [0.25, 0.3) is 0 Å². The third-order valence-electron chi connectivity index (χ3n) is 14.9. The van der Waals surface area contributed by atoms with Gasteiger partial charge in [-0.25, -0.2) is 0 Å². The van der Waals surface area contributed by atoms with E-state index in [0.29, 0.717) is 30.2 Å². The number of amides is 4. The number of aryl methyl sites for hydroxylation is 1. The van der Waals surface area contributed by atoms with Crippen LogP contribution in [0.15, 0.2) is 48.5 Å². The Bertz CT molecular complexity index is 2110. The van der Waals surface area contributed by atoms with Gasteiger partial charge in [0.2, 0.25) is 23.6 Å². The zero-order chi connectivity index (χ0) is 50.1. The highest BCUT2D eigenvalue weighted by Crippen LogP contribution is 2.66. The van der Waals surface area contributed by atoms with E-state index < -0.39 is 97.0 Å². The normalized spacial score (nSPS) is 23.3. The van der Waals surface area contributed by atoms with E-state index in [2.05, 4.69) is 67.9 Å². The number of nitrogens with two attached hydrogens (primary N) is 1. The molecular weight excluding hydrogens is 867 g/mol. The molecule has 1 saturated heterocycles. The van der Waals surface area contributed by atoms with Crippen molar-refractivity contribution in [3.8, 4) is 11.1 Å². The Kier molecular flexibility index (Phi) is 18.9. The van der Waals surface area contributed by atoms with Crippen molar-refractivity contribution >= 4 is 48.1 Å². The summed E-state index contributed by atoms with van der Waals surface area (Å²) < 4.78 is 12.9. The molecule has 0 spiro atoms. The van der Waals surface area contributed by atoms with E-state index in [1.807, 2.05) is 19.1 Å². The number of aliphatic hydroxyl groups is 2. The standard InChI is InChI=1S/C52H75BN4O11/c1-9-10-13-34-15-17-35(18-16-34)36-19-21-37(22-20-36)41(60)25-38(29-58)50(66)55-32(4)12-11-14-47(64)57-48(33(5)59)43(62)23-30(2)49(65)56-40(28-46(54)63)42(61)24-31(3)53-67-45-27-39-26-44(51(39,6)7)52(45,8)68-53/h15-22,30-33,38-40,44-45,48,58-59H,9-14,23-29H2,1-8H3,(H2,54,63)(H,55,66)(H,56,65)(H,57,64)/t30-,31-,32-,33?,38-,39+,40+,44+,45-,48+,52+/m1/s1. The van der Waals surface area contributed by atoms with Gasteiger partial charge < -0.3 is 41.2 Å². The topological polar surface area (TPSA) is 241 Å². The minimum atomic E-state index is -1.33. The third-order valence-corrected chi connectivity index (χ3v) is 14.9. The highest BCUT2D eigenvalue weighted by atomic mass is 16.7. The summed E-state index contributed by atoms with van der Waals surface area (Å²) in [4.78, 5) is 91.5. The van der Waals surface area contributed by atoms with E-state index in [4.69, 9.17) is 15.0 Å². The summed E-state index contributed by atoms with van der Waals surface area (Å²) in [6.07, 6.45) is 3.47. The second-order valence-corrected chi connectivity index (χ2v) is 20.8. The first-order chi connectivity index (χ1) is 32.1. The number of Topliss-reactive ketones (excluding diaryl/α,β-unsaturated/α-hetero) is 3. The summed E-state index contributed by atoms with van der Waals surface area (Å²) in [5, 5.41) is 28.5. The number of primary amides is 1. The lowest BCUT2D eigenvalue weighted by atomic mass is 9.43. The number of aliphatic hydroxyl groups excluding tert-OH is 2. The molecule has 3 aliphatic carbocycles. The number of nitrogens with one attached hydrogen (secondary N) is 3. The van der Waals surface area contributed by atoms with Crippen LogP contribution in [0.3, 0.4) is 0 Å². The van der Waals surface area contributed by atoms with Crippen molar-refractivity contribution in [3.05, 3.63) is 59.7 Å². The predicted octanol–water partition coefficient (Wildman–Crippen LogP) is 5.45. The molecule has 2 aromatic rings. The van der Waals surface area contributed by atoms with Gasteiger partial charge in [0.15, 0.2) is 17.3 Å². The van der Waals surface area contributed by atoms with Gasteiger partial charge in [-0.3, -0.25) is 33.6 Å². The fourth-order valence-electron chi connectivity index (χ4n) is 10.4. The lowest BCUT2D eigenvalue weighted by molar-refractivity contribution is -0.199. The number of carbonyl (C=O) groups is 7. The molecular formula is C52H75BN4O11. The minimum absolute atomic E-state index is 0.0427. The van der Waals surface area contributed by atoms with Crippen molar-refractivity contribution in [1.82, 2.24) is 16.0 Å². The van der Waals surface area contributed by atoms with Gasteiger partial charge in [0, 0.05) is 43.2 Å². The average Bonchev–Trinajstić information content (AvgIpc) is 3.66. The fourth-order valence-corrected chi connectivity index (χ4v) is 10.4. The van der Waals surface area contributed by atoms with Crippen LogP contribution in [-0.4, -0.2) is 101 Å². The molecule has 15 nitrogen and oxygen atoms in total. The number of rotatable bonds is 27. The van der Waals surface area contributed by atoms with E-state index in [0.717, 1.165) is 43.2 Å². The molecule has 372 valence electrons. The Labute approximate surface area is 402 Å². The van der Waals surface area contributed by atoms with Gasteiger partial charge in [-0.15, -0.1) is 0 Å². The predicted molar refractivity (Wildman–Crippen MR) is 259 cm³/mol. The molecule has 0 aromatic heterocycles. The molecule has 4 aliphatic rings. The van der Waals surface area contributed by atoms with Crippen LogP contribution in [0.5, 0.6) is 0 Å². The summed E-state index contributed by atoms with van der Waals surface area (Å²) >= 11 is 0. The van der Waals surface area contributed by atoms with Gasteiger partial charge in [0.1, 0.15) is 6.04 Å². The fraction of sp³-hybridized carbons (Fsp3) is 0.635. The summed E-state index contributed by atoms with van der Waals surface area (Å²) in [5.74, 6) is -5.24. The van der Waals surface area contributed by atoms with Gasteiger partial charge in [-0.05, 0) is 99.1 Å². The van der Waals surface area contributed by atoms with E-state index >= 15 is 0 Å². The molecule has 1 heterocycles. The molecule has 68 heavy (non-hydrogen) atoms. The van der Waals surface area contributed by atoms with Crippen molar-refractivity contribution in [2.24, 2.45) is 34.8 Å². The molecule has 3 saturated carbocycles. The lowest BCUT2D eigenvalue weighted by Crippen LogP contribution is -2.65. The van der Waals surface area contributed by atoms with Crippen LogP contribution in [0.25, 0.3) is 11.1 Å². The third kappa shape index (κ3) is 13.5. The van der Waals surface area contributed by atoms with Crippen LogP contribution in [-0.2, 0) is 44.5 Å². The number of unbranched alkanes of at least 4 members (excludes halogenated alkanes) is 1. The Balaban J connectivity index is 1.03. The Hall–Kier alpha value is -4.77. The molecule has 1 unspecified atom stereocenters. The summed E-state index contributed by atoms with van der Waals surface area (Å²) in [6, 6.07) is 12.6. The summed E-state index contributed by atoms with van der Waals surface area (Å²) in [5.41, 5.74) is 8.88. The molecule has 11 atom stereocenters. The second-order valence-electron chi connectivity index (χ2n) is 20.8. The Morgan fingerprint density at radius 3 is 2.04 bits per heavy atom. The monoisotopic (exact) mass is 943 g/mol. The van der Waals surface area contributed by atoms with E-state index in [1.165, 1.54) is 19.4 Å². The molecule has 16 heteroatoms. The van der Waals surface area contributed by atoms with Crippen molar-refractivity contribution in [2.45, 2.75) is 174 Å². The molecule has 7 N–H and O–H groups in total. The van der Waals surface area contributed by atoms with Crippen LogP contribution in [0.2, 0.25) is 5.82 Å². The molecule has 2 bridgehead atoms. The first-order valence-electron chi connectivity index (χ1n) is 24.7. The van der Waals surface area contributed by atoms with Crippen LogP contribution >= 0.6 is 0 Å². The lowest BCUT2D eigenvalue weighted by Gasteiger charge is -2.64. The van der Waals surface area contributed by atoms with E-state index in [9.17, 15) is 43.8 Å². The van der Waals surface area contributed by atoms with Gasteiger partial charge in [-0.2, -0.15) is 0 Å². The van der Waals surface area contributed by atoms with Crippen molar-refractivity contribution in [3.63, 3.8) is 0 Å². The first-order valence-corrected chi connectivity index (χ1v) is 24.7. The van der Waals surface area contributed by atoms with Gasteiger partial charge in [-0.1, -0.05) is 89.6 Å². The minimum Gasteiger partial charge on any atom is -0.405 e. The van der Waals surface area contributed by atoms with E-state index in [-0.39, 0.29) is 48.8 Å². The maximum Gasteiger partial charge on any atom is 0.461 e. The zero-order valence-corrected chi connectivity index (χ0v) is 41.3. The second kappa shape index (κ2) is 23.7. The molecule has 1 aliphatic heterocycles. The van der Waals surface area contributed by atoms with Crippen LogP contribution in [0.4, 0.5) is 0 Å². The highest BCUT2D eigenvalue weighted by Gasteiger charge is 2.68. The molecule has 2 aromatic carbocycles. The van der Waals surface area contributed by atoms with Crippen LogP contribution < -0.4 is 21.7 Å². The maximum absolute atomic E-state index is 13.6. The highest BCUT2D eigenvalue weighted by molar-refractivity contribution is 6.47. The Morgan fingerprint density at radius 1 is 0.809 bits per heavy atom. The largest absolute Gasteiger partial charge is 0.461 e. The Morgan fingerprint density at radius 2 is 1.46 bits per heavy atom. The van der Waals surface area contributed by atoms with Crippen LogP contribution in [0, 0.1) is 29.1 Å². The number of hydrogen-bond donors (Lipinski definition) is 6. The SMILES string of the molecule is CCCCc1ccc(-c2ccc(C(=O)C[C@H](CO)C(=O)N[C@H](C)CCCC(=O)N[C@H](C(=O)C[C@@H](C)C(=O)N[C@@H](CC(N)=O)C(=O)C[C@@H](C)B3O[C@@H]4C[C@@H]5C[C@@H](C5(C)C)[C@]4(C)O3)C(C)O)cc2)cc1. The van der Waals surface area contributed by atoms with E-state index in [1.54, 1.807) is 19.1 Å². The number of ketones is 3. The number of hydrogen-bond acceptors (Lipinski definition) is 11. The molecule has 4 amide bonds.